The Kier molecular flexibility index (Phi) is 7.27. The van der Waals surface area contributed by atoms with E-state index in [9.17, 15) is 14.4 Å². The molecule has 3 N–H and O–H groups in total. The zero-order chi connectivity index (χ0) is 24.1. The summed E-state index contributed by atoms with van der Waals surface area (Å²) in [6.45, 7) is 0.394. The molecule has 1 amide bonds. The van der Waals surface area contributed by atoms with Crippen molar-refractivity contribution in [3.63, 3.8) is 0 Å². The third-order valence-corrected chi connectivity index (χ3v) is 6.13. The van der Waals surface area contributed by atoms with Gasteiger partial charge in [-0.2, -0.15) is 0 Å². The number of aromatic amines is 1. The van der Waals surface area contributed by atoms with E-state index in [1.165, 1.54) is 33.4 Å². The highest BCUT2D eigenvalue weighted by Crippen LogP contribution is 2.25. The van der Waals surface area contributed by atoms with Gasteiger partial charge in [0.05, 0.1) is 6.54 Å². The molecule has 1 aliphatic carbocycles. The standard InChI is InChI=1S/C25H26ClN5O3/c26-20-15-19(11-13-28-20)24(33)30(14-12-17-7-3-1-4-8-17)21-22(27)31(25(34)29-23(21)32)16-18-9-5-2-6-10-18/h2,5-7,9-11,13,15H,1,3-4,8,12,14,16,27H2,(H,29,32,34). The molecule has 0 spiro atoms. The van der Waals surface area contributed by atoms with Gasteiger partial charge in [-0.15, -0.1) is 0 Å². The van der Waals surface area contributed by atoms with Gasteiger partial charge in [0.2, 0.25) is 0 Å². The van der Waals surface area contributed by atoms with Gasteiger partial charge >= 0.3 is 5.69 Å². The second-order valence-corrected chi connectivity index (χ2v) is 8.63. The maximum absolute atomic E-state index is 13.6. The Morgan fingerprint density at radius 3 is 2.68 bits per heavy atom. The molecule has 4 rings (SSSR count). The van der Waals surface area contributed by atoms with E-state index in [1.54, 1.807) is 0 Å². The van der Waals surface area contributed by atoms with Crippen LogP contribution in [0.2, 0.25) is 5.15 Å². The van der Waals surface area contributed by atoms with Crippen LogP contribution in [0.25, 0.3) is 0 Å². The van der Waals surface area contributed by atoms with E-state index in [0.29, 0.717) is 6.42 Å². The maximum atomic E-state index is 13.6. The number of carbonyl (C=O) groups is 1. The monoisotopic (exact) mass is 479 g/mol. The number of allylic oxidation sites excluding steroid dienone is 1. The quantitative estimate of drug-likeness (QED) is 0.395. The third-order valence-electron chi connectivity index (χ3n) is 5.93. The smallest absolute Gasteiger partial charge is 0.330 e. The van der Waals surface area contributed by atoms with E-state index in [2.05, 4.69) is 16.0 Å². The van der Waals surface area contributed by atoms with E-state index in [-0.39, 0.29) is 35.3 Å². The van der Waals surface area contributed by atoms with Gasteiger partial charge in [0.25, 0.3) is 11.5 Å². The molecule has 2 heterocycles. The van der Waals surface area contributed by atoms with Crippen molar-refractivity contribution in [1.82, 2.24) is 14.5 Å². The Hall–Kier alpha value is -3.65. The van der Waals surface area contributed by atoms with Gasteiger partial charge in [0.15, 0.2) is 5.69 Å². The molecular weight excluding hydrogens is 454 g/mol. The number of anilines is 2. The zero-order valence-electron chi connectivity index (χ0n) is 18.7. The Balaban J connectivity index is 1.77. The number of nitrogens with two attached hydrogens (primary N) is 1. The highest BCUT2D eigenvalue weighted by atomic mass is 35.5. The van der Waals surface area contributed by atoms with Gasteiger partial charge in [0, 0.05) is 18.3 Å². The lowest BCUT2D eigenvalue weighted by Gasteiger charge is -2.26. The number of amides is 1. The molecule has 3 aromatic rings. The van der Waals surface area contributed by atoms with Crippen LogP contribution in [0.4, 0.5) is 11.5 Å². The average Bonchev–Trinajstić information content (AvgIpc) is 2.84. The molecule has 0 bridgehead atoms. The Labute approximate surface area is 201 Å². The summed E-state index contributed by atoms with van der Waals surface area (Å²) in [7, 11) is 0. The zero-order valence-corrected chi connectivity index (χ0v) is 19.4. The van der Waals surface area contributed by atoms with Crippen LogP contribution >= 0.6 is 11.6 Å². The summed E-state index contributed by atoms with van der Waals surface area (Å²) in [5.74, 6) is -0.508. The number of pyridine rings is 1. The summed E-state index contributed by atoms with van der Waals surface area (Å²) >= 11 is 6.01. The molecule has 176 valence electrons. The summed E-state index contributed by atoms with van der Waals surface area (Å²) < 4.78 is 1.27. The molecule has 9 heteroatoms. The van der Waals surface area contributed by atoms with Crippen molar-refractivity contribution in [3.05, 3.63) is 97.4 Å². The predicted molar refractivity (Wildman–Crippen MR) is 133 cm³/mol. The van der Waals surface area contributed by atoms with E-state index >= 15 is 0 Å². The number of halogens is 1. The molecule has 1 aliphatic rings. The molecule has 0 radical (unpaired) electrons. The molecule has 1 aromatic carbocycles. The van der Waals surface area contributed by atoms with E-state index < -0.39 is 17.2 Å². The van der Waals surface area contributed by atoms with Crippen molar-refractivity contribution in [3.8, 4) is 0 Å². The highest BCUT2D eigenvalue weighted by Gasteiger charge is 2.26. The van der Waals surface area contributed by atoms with Gasteiger partial charge in [-0.05, 0) is 49.8 Å². The highest BCUT2D eigenvalue weighted by molar-refractivity contribution is 6.29. The van der Waals surface area contributed by atoms with Gasteiger partial charge in [-0.1, -0.05) is 53.6 Å². The minimum atomic E-state index is -0.710. The van der Waals surface area contributed by atoms with Crippen LogP contribution in [-0.2, 0) is 6.54 Å². The van der Waals surface area contributed by atoms with E-state index in [0.717, 1.165) is 31.2 Å². The van der Waals surface area contributed by atoms with Gasteiger partial charge < -0.3 is 10.6 Å². The molecule has 0 atom stereocenters. The fraction of sp³-hybridized carbons (Fsp3) is 0.280. The van der Waals surface area contributed by atoms with Gasteiger partial charge in [-0.25, -0.2) is 9.78 Å². The normalized spacial score (nSPS) is 13.4. The number of hydrogen-bond acceptors (Lipinski definition) is 5. The second-order valence-electron chi connectivity index (χ2n) is 8.25. The van der Waals surface area contributed by atoms with Crippen LogP contribution in [0.15, 0.2) is 69.9 Å². The summed E-state index contributed by atoms with van der Waals surface area (Å²) in [6, 6.07) is 12.3. The Bertz CT molecular complexity index is 1330. The number of H-pyrrole nitrogens is 1. The number of carbonyl (C=O) groups excluding carboxylic acids is 1. The molecular formula is C25H26ClN5O3. The lowest BCUT2D eigenvalue weighted by molar-refractivity contribution is 0.0986. The molecule has 0 aliphatic heterocycles. The summed E-state index contributed by atoms with van der Waals surface area (Å²) in [5.41, 5.74) is 7.34. The van der Waals surface area contributed by atoms with Crippen molar-refractivity contribution >= 4 is 29.0 Å². The first kappa shape index (κ1) is 23.5. The first-order chi connectivity index (χ1) is 16.4. The topological polar surface area (TPSA) is 114 Å². The van der Waals surface area contributed by atoms with Crippen LogP contribution in [0.5, 0.6) is 0 Å². The number of nitrogens with one attached hydrogen (secondary N) is 1. The molecule has 0 saturated carbocycles. The third kappa shape index (κ3) is 5.28. The SMILES string of the molecule is Nc1c(N(CCC2=CCCCC2)C(=O)c2ccnc(Cl)c2)c(=O)[nH]c(=O)n1Cc1ccccc1. The Morgan fingerprint density at radius 2 is 1.97 bits per heavy atom. The molecule has 34 heavy (non-hydrogen) atoms. The summed E-state index contributed by atoms with van der Waals surface area (Å²) in [5, 5.41) is 0.164. The minimum Gasteiger partial charge on any atom is -0.383 e. The number of aromatic nitrogens is 3. The molecule has 0 fully saturated rings. The molecule has 2 aromatic heterocycles. The number of hydrogen-bond donors (Lipinski definition) is 2. The van der Waals surface area contributed by atoms with Gasteiger partial charge in [-0.3, -0.25) is 19.1 Å². The molecule has 0 saturated heterocycles. The van der Waals surface area contributed by atoms with Crippen LogP contribution in [-0.4, -0.2) is 27.0 Å². The molecule has 8 nitrogen and oxygen atoms in total. The van der Waals surface area contributed by atoms with Gasteiger partial charge in [0.1, 0.15) is 11.0 Å². The predicted octanol–water partition coefficient (Wildman–Crippen LogP) is 3.75. The van der Waals surface area contributed by atoms with Crippen LogP contribution < -0.4 is 21.9 Å². The second kappa shape index (κ2) is 10.5. The van der Waals surface area contributed by atoms with Crippen molar-refractivity contribution < 1.29 is 4.79 Å². The van der Waals surface area contributed by atoms with E-state index in [1.807, 2.05) is 30.3 Å². The van der Waals surface area contributed by atoms with Crippen molar-refractivity contribution in [1.29, 1.82) is 0 Å². The number of nitrogen functional groups attached to an aromatic ring is 1. The number of benzene rings is 1. The maximum Gasteiger partial charge on any atom is 0.330 e. The lowest BCUT2D eigenvalue weighted by atomic mass is 9.97. The van der Waals surface area contributed by atoms with E-state index in [4.69, 9.17) is 17.3 Å². The first-order valence-corrected chi connectivity index (χ1v) is 11.6. The van der Waals surface area contributed by atoms with Crippen LogP contribution in [0.3, 0.4) is 0 Å². The van der Waals surface area contributed by atoms with Crippen molar-refractivity contribution in [2.75, 3.05) is 17.2 Å². The number of rotatable bonds is 7. The van der Waals surface area contributed by atoms with Crippen molar-refractivity contribution in [2.45, 2.75) is 38.6 Å². The van der Waals surface area contributed by atoms with Crippen LogP contribution in [0.1, 0.15) is 48.0 Å². The van der Waals surface area contributed by atoms with Crippen molar-refractivity contribution in [2.24, 2.45) is 0 Å². The number of nitrogens with zero attached hydrogens (tertiary/aromatic N) is 3. The summed E-state index contributed by atoms with van der Waals surface area (Å²) in [6.07, 6.45) is 8.45. The largest absolute Gasteiger partial charge is 0.383 e. The Morgan fingerprint density at radius 1 is 1.18 bits per heavy atom. The molecule has 0 unspecified atom stereocenters. The lowest BCUT2D eigenvalue weighted by Crippen LogP contribution is -2.42. The fourth-order valence-electron chi connectivity index (χ4n) is 4.15. The summed E-state index contributed by atoms with van der Waals surface area (Å²) in [4.78, 5) is 46.7. The minimum absolute atomic E-state index is 0.0510. The van der Waals surface area contributed by atoms with Crippen LogP contribution in [0, 0.1) is 0 Å². The first-order valence-electron chi connectivity index (χ1n) is 11.2. The fourth-order valence-corrected chi connectivity index (χ4v) is 4.33. The average molecular weight is 480 g/mol.